The Hall–Kier alpha value is -2.06. The summed E-state index contributed by atoms with van der Waals surface area (Å²) >= 11 is 3.02. The van der Waals surface area contributed by atoms with Crippen molar-refractivity contribution < 1.29 is 4.79 Å². The molecule has 3 heterocycles. The summed E-state index contributed by atoms with van der Waals surface area (Å²) in [4.78, 5) is 18.5. The number of nitrogen functional groups attached to an aromatic ring is 1. The Morgan fingerprint density at radius 2 is 2.00 bits per heavy atom. The van der Waals surface area contributed by atoms with Gasteiger partial charge >= 0.3 is 0 Å². The molecule has 2 N–H and O–H groups in total. The molecule has 0 aliphatic carbocycles. The molecule has 0 aromatic carbocycles. The van der Waals surface area contributed by atoms with Crippen molar-refractivity contribution in [2.45, 2.75) is 19.9 Å². The van der Waals surface area contributed by atoms with E-state index in [1.807, 2.05) is 28.7 Å². The summed E-state index contributed by atoms with van der Waals surface area (Å²) in [6.07, 6.45) is 3.45. The summed E-state index contributed by atoms with van der Waals surface area (Å²) in [5.74, 6) is 0.0336. The Morgan fingerprint density at radius 1 is 1.29 bits per heavy atom. The number of aromatic nitrogens is 4. The second kappa shape index (κ2) is 7.09. The minimum Gasteiger partial charge on any atom is -0.396 e. The highest BCUT2D eigenvalue weighted by Gasteiger charge is 2.09. The summed E-state index contributed by atoms with van der Waals surface area (Å²) in [5, 5.41) is 7.88. The van der Waals surface area contributed by atoms with Crippen LogP contribution in [0, 0.1) is 0 Å². The van der Waals surface area contributed by atoms with E-state index in [-0.39, 0.29) is 11.8 Å². The number of nitrogens with zero attached hydrogens (tertiary/aromatic N) is 4. The number of Topliss-reactive ketones (excluding diaryl/α,β-unsaturated/α-hetero) is 1. The first-order valence-corrected chi connectivity index (χ1v) is 8.03. The van der Waals surface area contributed by atoms with E-state index in [1.165, 1.54) is 18.3 Å². The van der Waals surface area contributed by atoms with Gasteiger partial charge < -0.3 is 5.73 Å². The molecule has 1 atom stereocenters. The quantitative estimate of drug-likeness (QED) is 0.750. The largest absolute Gasteiger partial charge is 0.396 e. The number of anilines is 1. The molecule has 21 heavy (non-hydrogen) atoms. The average Bonchev–Trinajstić information content (AvgIpc) is 3.21. The maximum absolute atomic E-state index is 10.5. The van der Waals surface area contributed by atoms with E-state index in [0.29, 0.717) is 11.4 Å². The third-order valence-corrected chi connectivity index (χ3v) is 3.88. The fourth-order valence-corrected chi connectivity index (χ4v) is 2.75. The van der Waals surface area contributed by atoms with Crippen LogP contribution in [0.2, 0.25) is 0 Å². The van der Waals surface area contributed by atoms with Gasteiger partial charge in [0.15, 0.2) is 5.78 Å². The van der Waals surface area contributed by atoms with Crippen LogP contribution < -0.4 is 5.73 Å². The molecule has 0 aliphatic heterocycles. The highest BCUT2D eigenvalue weighted by atomic mass is 32.1. The SMILES string of the molecule is CC(=O)c1cscn1.CC(c1cscn1)n1cc(N)cn1. The number of carbonyl (C=O) groups is 1. The van der Waals surface area contributed by atoms with Crippen molar-refractivity contribution >= 4 is 34.1 Å². The first-order valence-electron chi connectivity index (χ1n) is 6.14. The molecule has 0 fully saturated rings. The predicted molar refractivity (Wildman–Crippen MR) is 84.7 cm³/mol. The van der Waals surface area contributed by atoms with Crippen LogP contribution in [0.5, 0.6) is 0 Å². The van der Waals surface area contributed by atoms with Gasteiger partial charge in [0.2, 0.25) is 0 Å². The average molecular weight is 321 g/mol. The predicted octanol–water partition coefficient (Wildman–Crippen LogP) is 2.88. The molecule has 6 nitrogen and oxygen atoms in total. The van der Waals surface area contributed by atoms with Gasteiger partial charge in [0.05, 0.1) is 34.6 Å². The van der Waals surface area contributed by atoms with E-state index >= 15 is 0 Å². The van der Waals surface area contributed by atoms with Gasteiger partial charge in [-0.05, 0) is 6.92 Å². The van der Waals surface area contributed by atoms with E-state index in [2.05, 4.69) is 15.1 Å². The molecule has 0 radical (unpaired) electrons. The molecular formula is C13H15N5OS2. The molecule has 0 bridgehead atoms. The lowest BCUT2D eigenvalue weighted by Crippen LogP contribution is -2.07. The van der Waals surface area contributed by atoms with E-state index in [4.69, 9.17) is 5.73 Å². The van der Waals surface area contributed by atoms with Crippen molar-refractivity contribution in [1.29, 1.82) is 0 Å². The molecule has 110 valence electrons. The van der Waals surface area contributed by atoms with Crippen LogP contribution in [-0.2, 0) is 0 Å². The maximum Gasteiger partial charge on any atom is 0.178 e. The van der Waals surface area contributed by atoms with Crippen molar-refractivity contribution in [2.75, 3.05) is 5.73 Å². The first-order chi connectivity index (χ1) is 10.1. The Morgan fingerprint density at radius 3 is 2.43 bits per heavy atom. The first kappa shape index (κ1) is 15.3. The van der Waals surface area contributed by atoms with E-state index in [9.17, 15) is 4.79 Å². The minimum atomic E-state index is 0.0336. The van der Waals surface area contributed by atoms with Crippen LogP contribution in [0.15, 0.2) is 34.2 Å². The molecule has 3 aromatic heterocycles. The molecule has 0 spiro atoms. The molecule has 8 heteroatoms. The van der Waals surface area contributed by atoms with Crippen molar-refractivity contribution in [3.8, 4) is 0 Å². The molecule has 0 saturated heterocycles. The van der Waals surface area contributed by atoms with Crippen molar-refractivity contribution in [3.05, 3.63) is 45.6 Å². The fraction of sp³-hybridized carbons (Fsp3) is 0.231. The topological polar surface area (TPSA) is 86.7 Å². The smallest absolute Gasteiger partial charge is 0.178 e. The zero-order chi connectivity index (χ0) is 15.2. The number of thiazole rings is 2. The monoisotopic (exact) mass is 321 g/mol. The lowest BCUT2D eigenvalue weighted by Gasteiger charge is -2.07. The Balaban J connectivity index is 0.000000173. The van der Waals surface area contributed by atoms with Gasteiger partial charge in [0.25, 0.3) is 0 Å². The molecule has 0 amide bonds. The van der Waals surface area contributed by atoms with Crippen molar-refractivity contribution in [1.82, 2.24) is 19.7 Å². The highest BCUT2D eigenvalue weighted by molar-refractivity contribution is 7.07. The number of ketones is 1. The summed E-state index contributed by atoms with van der Waals surface area (Å²) in [5.41, 5.74) is 11.3. The second-order valence-corrected chi connectivity index (χ2v) is 5.71. The van der Waals surface area contributed by atoms with Crippen molar-refractivity contribution in [3.63, 3.8) is 0 Å². The van der Waals surface area contributed by atoms with Gasteiger partial charge in [-0.15, -0.1) is 22.7 Å². The number of carbonyl (C=O) groups excluding carboxylic acids is 1. The Bertz CT molecular complexity index is 675. The van der Waals surface area contributed by atoms with Crippen LogP contribution in [0.3, 0.4) is 0 Å². The molecular weight excluding hydrogens is 306 g/mol. The summed E-state index contributed by atoms with van der Waals surface area (Å²) in [6.45, 7) is 3.55. The Kier molecular flexibility index (Phi) is 5.18. The normalized spacial score (nSPS) is 11.5. The van der Waals surface area contributed by atoms with Crippen molar-refractivity contribution in [2.24, 2.45) is 0 Å². The van der Waals surface area contributed by atoms with Gasteiger partial charge in [-0.1, -0.05) is 0 Å². The minimum absolute atomic E-state index is 0.0336. The molecule has 0 aliphatic rings. The third kappa shape index (κ3) is 4.20. The van der Waals surface area contributed by atoms with E-state index < -0.39 is 0 Å². The highest BCUT2D eigenvalue weighted by Crippen LogP contribution is 2.17. The van der Waals surface area contributed by atoms with Gasteiger partial charge in [-0.25, -0.2) is 9.97 Å². The molecule has 3 rings (SSSR count). The number of hydrogen-bond acceptors (Lipinski definition) is 7. The van der Waals surface area contributed by atoms with E-state index in [1.54, 1.807) is 28.4 Å². The van der Waals surface area contributed by atoms with Crippen LogP contribution in [-0.4, -0.2) is 25.5 Å². The van der Waals surface area contributed by atoms with Crippen LogP contribution in [0.25, 0.3) is 0 Å². The molecule has 1 unspecified atom stereocenters. The second-order valence-electron chi connectivity index (χ2n) is 4.27. The number of nitrogens with two attached hydrogens (primary N) is 1. The summed E-state index contributed by atoms with van der Waals surface area (Å²) in [7, 11) is 0. The van der Waals surface area contributed by atoms with E-state index in [0.717, 1.165) is 5.69 Å². The van der Waals surface area contributed by atoms with Gasteiger partial charge in [0, 0.05) is 23.9 Å². The Labute approximate surface area is 130 Å². The van der Waals surface area contributed by atoms with Gasteiger partial charge in [-0.3, -0.25) is 9.48 Å². The van der Waals surface area contributed by atoms with Crippen LogP contribution >= 0.6 is 22.7 Å². The fourth-order valence-electron chi connectivity index (χ4n) is 1.51. The van der Waals surface area contributed by atoms with Crippen LogP contribution in [0.1, 0.15) is 36.1 Å². The van der Waals surface area contributed by atoms with Gasteiger partial charge in [0.1, 0.15) is 5.69 Å². The lowest BCUT2D eigenvalue weighted by molar-refractivity contribution is 0.101. The zero-order valence-corrected chi connectivity index (χ0v) is 13.3. The van der Waals surface area contributed by atoms with Crippen LogP contribution in [0.4, 0.5) is 5.69 Å². The summed E-state index contributed by atoms with van der Waals surface area (Å²) < 4.78 is 1.81. The van der Waals surface area contributed by atoms with Gasteiger partial charge in [-0.2, -0.15) is 5.10 Å². The number of rotatable bonds is 3. The third-order valence-electron chi connectivity index (χ3n) is 2.69. The number of hydrogen-bond donors (Lipinski definition) is 1. The molecule has 0 saturated carbocycles. The standard InChI is InChI=1S/C8H10N4S.C5H5NOS/c1-6(8-4-13-5-10-8)12-3-7(9)2-11-12;1-4(7)5-2-8-3-6-5/h2-6H,9H2,1H3;2-3H,1H3. The maximum atomic E-state index is 10.5. The zero-order valence-electron chi connectivity index (χ0n) is 11.6. The molecule has 3 aromatic rings. The lowest BCUT2D eigenvalue weighted by atomic mass is 10.3. The summed E-state index contributed by atoms with van der Waals surface area (Å²) in [6, 6.07) is 0.156.